The van der Waals surface area contributed by atoms with Gasteiger partial charge in [-0.05, 0) is 56.7 Å². The number of nitrogens with zero attached hydrogens (tertiary/aromatic N) is 1. The molecule has 2 N–H and O–H groups in total. The number of carbonyl (C=O) groups is 1. The quantitative estimate of drug-likeness (QED) is 0.916. The molecule has 1 fully saturated rings. The van der Waals surface area contributed by atoms with Crippen molar-refractivity contribution in [2.75, 3.05) is 11.4 Å². The lowest BCUT2D eigenvalue weighted by Gasteiger charge is -2.26. The van der Waals surface area contributed by atoms with Crippen molar-refractivity contribution in [3.05, 3.63) is 29.3 Å². The van der Waals surface area contributed by atoms with Gasteiger partial charge in [0.2, 0.25) is 5.91 Å². The standard InChI is InChI=1S/C17H26N2O/c1-4-19(16-10-5-7-12(2)13(16)3)17(20)11-14-8-6-9-15(14)18/h5,7,10,14-15H,4,6,8-9,11,18H2,1-3H3/t14-,15+/m0/s1. The molecule has 110 valence electrons. The minimum Gasteiger partial charge on any atom is -0.327 e. The Morgan fingerprint density at radius 2 is 2.10 bits per heavy atom. The molecule has 0 aromatic heterocycles. The molecule has 0 aliphatic heterocycles. The SMILES string of the molecule is CCN(C(=O)C[C@@H]1CCC[C@H]1N)c1cccc(C)c1C. The Morgan fingerprint density at radius 3 is 2.70 bits per heavy atom. The number of rotatable bonds is 4. The second-order valence-corrected chi connectivity index (χ2v) is 5.92. The van der Waals surface area contributed by atoms with E-state index in [0.717, 1.165) is 24.9 Å². The van der Waals surface area contributed by atoms with Crippen LogP contribution in [0.2, 0.25) is 0 Å². The van der Waals surface area contributed by atoms with Gasteiger partial charge in [0.1, 0.15) is 0 Å². The van der Waals surface area contributed by atoms with E-state index in [2.05, 4.69) is 19.9 Å². The molecule has 0 heterocycles. The molecule has 1 amide bonds. The number of nitrogens with two attached hydrogens (primary N) is 1. The monoisotopic (exact) mass is 274 g/mol. The van der Waals surface area contributed by atoms with Crippen LogP contribution in [-0.2, 0) is 4.79 Å². The lowest BCUT2D eigenvalue weighted by molar-refractivity contribution is -0.119. The zero-order valence-corrected chi connectivity index (χ0v) is 12.9. The van der Waals surface area contributed by atoms with Gasteiger partial charge in [0.05, 0.1) is 0 Å². The highest BCUT2D eigenvalue weighted by molar-refractivity contribution is 5.94. The summed E-state index contributed by atoms with van der Waals surface area (Å²) in [5, 5.41) is 0. The van der Waals surface area contributed by atoms with Crippen LogP contribution in [-0.4, -0.2) is 18.5 Å². The maximum atomic E-state index is 12.6. The fourth-order valence-corrected chi connectivity index (χ4v) is 3.16. The van der Waals surface area contributed by atoms with Gasteiger partial charge in [-0.2, -0.15) is 0 Å². The summed E-state index contributed by atoms with van der Waals surface area (Å²) in [4.78, 5) is 14.5. The van der Waals surface area contributed by atoms with E-state index in [1.54, 1.807) is 0 Å². The first-order valence-electron chi connectivity index (χ1n) is 7.66. The third-order valence-corrected chi connectivity index (χ3v) is 4.64. The molecule has 0 bridgehead atoms. The first-order chi connectivity index (χ1) is 9.54. The zero-order valence-electron chi connectivity index (χ0n) is 12.9. The number of anilines is 1. The molecule has 3 nitrogen and oxygen atoms in total. The van der Waals surface area contributed by atoms with Gasteiger partial charge in [0.15, 0.2) is 0 Å². The predicted molar refractivity (Wildman–Crippen MR) is 83.9 cm³/mol. The molecule has 2 rings (SSSR count). The highest BCUT2D eigenvalue weighted by Crippen LogP contribution is 2.29. The van der Waals surface area contributed by atoms with Crippen LogP contribution in [0.25, 0.3) is 0 Å². The Kier molecular flexibility index (Phi) is 4.81. The summed E-state index contributed by atoms with van der Waals surface area (Å²) in [6.07, 6.45) is 3.90. The number of hydrogen-bond donors (Lipinski definition) is 1. The number of carbonyl (C=O) groups excluding carboxylic acids is 1. The molecule has 0 radical (unpaired) electrons. The van der Waals surface area contributed by atoms with Crippen molar-refractivity contribution < 1.29 is 4.79 Å². The molecular formula is C17H26N2O. The van der Waals surface area contributed by atoms with E-state index in [-0.39, 0.29) is 11.9 Å². The molecule has 3 heteroatoms. The van der Waals surface area contributed by atoms with Gasteiger partial charge < -0.3 is 10.6 Å². The highest BCUT2D eigenvalue weighted by Gasteiger charge is 2.28. The average Bonchev–Trinajstić information content (AvgIpc) is 2.81. The van der Waals surface area contributed by atoms with Crippen LogP contribution in [0.5, 0.6) is 0 Å². The van der Waals surface area contributed by atoms with Gasteiger partial charge in [-0.25, -0.2) is 0 Å². The topological polar surface area (TPSA) is 46.3 Å². The van der Waals surface area contributed by atoms with Crippen molar-refractivity contribution in [2.45, 2.75) is 52.5 Å². The summed E-state index contributed by atoms with van der Waals surface area (Å²) in [6, 6.07) is 6.35. The van der Waals surface area contributed by atoms with Crippen LogP contribution in [0.15, 0.2) is 18.2 Å². The molecule has 1 aliphatic rings. The van der Waals surface area contributed by atoms with Gasteiger partial charge in [0.25, 0.3) is 0 Å². The minimum absolute atomic E-state index is 0.205. The smallest absolute Gasteiger partial charge is 0.227 e. The van der Waals surface area contributed by atoms with E-state index in [0.29, 0.717) is 18.9 Å². The van der Waals surface area contributed by atoms with Crippen molar-refractivity contribution in [1.82, 2.24) is 0 Å². The highest BCUT2D eigenvalue weighted by atomic mass is 16.2. The lowest BCUT2D eigenvalue weighted by Crippen LogP contribution is -2.35. The fraction of sp³-hybridized carbons (Fsp3) is 0.588. The molecule has 0 spiro atoms. The van der Waals surface area contributed by atoms with Crippen molar-refractivity contribution in [3.63, 3.8) is 0 Å². The van der Waals surface area contributed by atoms with Crippen LogP contribution < -0.4 is 10.6 Å². The maximum absolute atomic E-state index is 12.6. The van der Waals surface area contributed by atoms with Crippen LogP contribution in [0.1, 0.15) is 43.7 Å². The van der Waals surface area contributed by atoms with Crippen LogP contribution >= 0.6 is 0 Å². The van der Waals surface area contributed by atoms with E-state index in [4.69, 9.17) is 5.73 Å². The molecule has 1 saturated carbocycles. The zero-order chi connectivity index (χ0) is 14.7. The Balaban J connectivity index is 2.15. The van der Waals surface area contributed by atoms with Crippen molar-refractivity contribution in [3.8, 4) is 0 Å². The van der Waals surface area contributed by atoms with Crippen molar-refractivity contribution in [2.24, 2.45) is 11.7 Å². The predicted octanol–water partition coefficient (Wildman–Crippen LogP) is 3.17. The third-order valence-electron chi connectivity index (χ3n) is 4.64. The Hall–Kier alpha value is -1.35. The average molecular weight is 274 g/mol. The van der Waals surface area contributed by atoms with Crippen molar-refractivity contribution in [1.29, 1.82) is 0 Å². The number of amides is 1. The van der Waals surface area contributed by atoms with E-state index < -0.39 is 0 Å². The number of hydrogen-bond acceptors (Lipinski definition) is 2. The number of benzene rings is 1. The number of aryl methyl sites for hydroxylation is 1. The minimum atomic E-state index is 0.205. The molecule has 1 aliphatic carbocycles. The maximum Gasteiger partial charge on any atom is 0.227 e. The summed E-state index contributed by atoms with van der Waals surface area (Å²) < 4.78 is 0. The Morgan fingerprint density at radius 1 is 1.35 bits per heavy atom. The van der Waals surface area contributed by atoms with E-state index in [9.17, 15) is 4.79 Å². The van der Waals surface area contributed by atoms with E-state index in [1.165, 1.54) is 11.1 Å². The molecule has 0 saturated heterocycles. The van der Waals surface area contributed by atoms with Crippen molar-refractivity contribution >= 4 is 11.6 Å². The van der Waals surface area contributed by atoms with Gasteiger partial charge in [-0.1, -0.05) is 18.6 Å². The van der Waals surface area contributed by atoms with Gasteiger partial charge in [-0.3, -0.25) is 4.79 Å². The van der Waals surface area contributed by atoms with Gasteiger partial charge >= 0.3 is 0 Å². The normalized spacial score (nSPS) is 22.0. The summed E-state index contributed by atoms with van der Waals surface area (Å²) in [6.45, 7) is 6.92. The van der Waals surface area contributed by atoms with Gasteiger partial charge in [0, 0.05) is 24.7 Å². The summed E-state index contributed by atoms with van der Waals surface area (Å²) >= 11 is 0. The molecule has 2 atom stereocenters. The largest absolute Gasteiger partial charge is 0.327 e. The summed E-state index contributed by atoms with van der Waals surface area (Å²) in [5.41, 5.74) is 9.56. The molecule has 20 heavy (non-hydrogen) atoms. The van der Waals surface area contributed by atoms with Crippen LogP contribution in [0.3, 0.4) is 0 Å². The molecular weight excluding hydrogens is 248 g/mol. The molecule has 1 aromatic rings. The summed E-state index contributed by atoms with van der Waals surface area (Å²) in [5.74, 6) is 0.574. The van der Waals surface area contributed by atoms with Crippen LogP contribution in [0.4, 0.5) is 5.69 Å². The van der Waals surface area contributed by atoms with E-state index in [1.807, 2.05) is 24.0 Å². The first kappa shape index (κ1) is 15.0. The third kappa shape index (κ3) is 3.04. The summed E-state index contributed by atoms with van der Waals surface area (Å²) in [7, 11) is 0. The lowest BCUT2D eigenvalue weighted by atomic mass is 9.99. The Labute approximate surface area is 122 Å². The fourth-order valence-electron chi connectivity index (χ4n) is 3.16. The Bertz CT molecular complexity index is 484. The molecule has 0 unspecified atom stereocenters. The van der Waals surface area contributed by atoms with E-state index >= 15 is 0 Å². The van der Waals surface area contributed by atoms with Gasteiger partial charge in [-0.15, -0.1) is 0 Å². The second kappa shape index (κ2) is 6.40. The first-order valence-corrected chi connectivity index (χ1v) is 7.66. The van der Waals surface area contributed by atoms with Crippen LogP contribution in [0, 0.1) is 19.8 Å². The second-order valence-electron chi connectivity index (χ2n) is 5.92. The molecule has 1 aromatic carbocycles.